The summed E-state index contributed by atoms with van der Waals surface area (Å²) in [6.45, 7) is 3.66. The third-order valence-corrected chi connectivity index (χ3v) is 5.02. The maximum Gasteiger partial charge on any atom is 0.328 e. The molecule has 2 aromatic rings. The van der Waals surface area contributed by atoms with Crippen LogP contribution in [0.2, 0.25) is 0 Å². The summed E-state index contributed by atoms with van der Waals surface area (Å²) in [4.78, 5) is 12.4. The van der Waals surface area contributed by atoms with E-state index in [1.54, 1.807) is 43.3 Å². The monoisotopic (exact) mass is 363 g/mol. The fourth-order valence-corrected chi connectivity index (χ4v) is 3.47. The molecule has 25 heavy (non-hydrogen) atoms. The van der Waals surface area contributed by atoms with Crippen molar-refractivity contribution >= 4 is 16.0 Å². The average Bonchev–Trinajstić information content (AvgIpc) is 2.60. The highest BCUT2D eigenvalue weighted by atomic mass is 32.2. The van der Waals surface area contributed by atoms with E-state index < -0.39 is 22.0 Å². The summed E-state index contributed by atoms with van der Waals surface area (Å²) in [7, 11) is -2.47. The van der Waals surface area contributed by atoms with E-state index in [1.807, 2.05) is 6.92 Å². The molecule has 2 aromatic carbocycles. The SMILES string of the molecule is CCOC(=O)C(NS(=O)(=O)c1ccc(C)cc1)c1ccccc1OC. The quantitative estimate of drug-likeness (QED) is 0.765. The van der Waals surface area contributed by atoms with Crippen molar-refractivity contribution in [3.8, 4) is 5.75 Å². The minimum Gasteiger partial charge on any atom is -0.496 e. The third-order valence-electron chi connectivity index (χ3n) is 3.58. The van der Waals surface area contributed by atoms with Crippen molar-refractivity contribution in [2.75, 3.05) is 13.7 Å². The Balaban J connectivity index is 2.42. The van der Waals surface area contributed by atoms with Gasteiger partial charge in [-0.05, 0) is 32.0 Å². The number of hydrogen-bond acceptors (Lipinski definition) is 5. The van der Waals surface area contributed by atoms with Gasteiger partial charge in [0.05, 0.1) is 18.6 Å². The standard InChI is InChI=1S/C18H21NO5S/c1-4-24-18(20)17(15-7-5-6-8-16(15)23-3)19-25(21,22)14-11-9-13(2)10-12-14/h5-12,17,19H,4H2,1-3H3. The first-order valence-electron chi connectivity index (χ1n) is 7.77. The number of aryl methyl sites for hydroxylation is 1. The lowest BCUT2D eigenvalue weighted by Crippen LogP contribution is -2.35. The van der Waals surface area contributed by atoms with Gasteiger partial charge >= 0.3 is 5.97 Å². The number of carbonyl (C=O) groups excluding carboxylic acids is 1. The number of benzene rings is 2. The second-order valence-electron chi connectivity index (χ2n) is 5.36. The van der Waals surface area contributed by atoms with E-state index in [-0.39, 0.29) is 11.5 Å². The Kier molecular flexibility index (Phi) is 6.17. The molecule has 2 rings (SSSR count). The highest BCUT2D eigenvalue weighted by Crippen LogP contribution is 2.27. The number of esters is 1. The Labute approximate surface area is 147 Å². The highest BCUT2D eigenvalue weighted by Gasteiger charge is 2.30. The van der Waals surface area contributed by atoms with Crippen LogP contribution in [-0.4, -0.2) is 28.1 Å². The van der Waals surface area contributed by atoms with Gasteiger partial charge in [0.15, 0.2) is 0 Å². The summed E-state index contributed by atoms with van der Waals surface area (Å²) in [5.74, 6) is -0.296. The summed E-state index contributed by atoms with van der Waals surface area (Å²) >= 11 is 0. The molecule has 0 bridgehead atoms. The minimum atomic E-state index is -3.92. The molecule has 1 atom stereocenters. The number of para-hydroxylation sites is 1. The van der Waals surface area contributed by atoms with Crippen molar-refractivity contribution in [1.29, 1.82) is 0 Å². The summed E-state index contributed by atoms with van der Waals surface area (Å²) in [6, 6.07) is 11.9. The van der Waals surface area contributed by atoms with Crippen LogP contribution in [0.25, 0.3) is 0 Å². The Morgan fingerprint density at radius 1 is 1.12 bits per heavy atom. The number of sulfonamides is 1. The maximum atomic E-state index is 12.7. The van der Waals surface area contributed by atoms with Gasteiger partial charge in [0.25, 0.3) is 0 Å². The Morgan fingerprint density at radius 2 is 1.76 bits per heavy atom. The zero-order chi connectivity index (χ0) is 18.4. The van der Waals surface area contributed by atoms with Gasteiger partial charge in [-0.3, -0.25) is 0 Å². The van der Waals surface area contributed by atoms with Crippen LogP contribution in [0.3, 0.4) is 0 Å². The molecule has 134 valence electrons. The smallest absolute Gasteiger partial charge is 0.328 e. The molecule has 0 spiro atoms. The number of ether oxygens (including phenoxy) is 2. The van der Waals surface area contributed by atoms with Crippen molar-refractivity contribution in [1.82, 2.24) is 4.72 Å². The maximum absolute atomic E-state index is 12.7. The Hall–Kier alpha value is -2.38. The van der Waals surface area contributed by atoms with Crippen LogP contribution in [0.15, 0.2) is 53.4 Å². The molecule has 7 heteroatoms. The van der Waals surface area contributed by atoms with E-state index in [0.29, 0.717) is 11.3 Å². The Morgan fingerprint density at radius 3 is 2.36 bits per heavy atom. The number of rotatable bonds is 7. The van der Waals surface area contributed by atoms with Gasteiger partial charge in [0.2, 0.25) is 10.0 Å². The van der Waals surface area contributed by atoms with Crippen molar-refractivity contribution in [3.63, 3.8) is 0 Å². The molecule has 0 saturated carbocycles. The molecular formula is C18H21NO5S. The summed E-state index contributed by atoms with van der Waals surface area (Å²) < 4.78 is 38.1. The number of hydrogen-bond donors (Lipinski definition) is 1. The third kappa shape index (κ3) is 4.58. The van der Waals surface area contributed by atoms with Crippen molar-refractivity contribution in [3.05, 3.63) is 59.7 Å². The summed E-state index contributed by atoms with van der Waals surface area (Å²) in [6.07, 6.45) is 0. The van der Waals surface area contributed by atoms with E-state index in [1.165, 1.54) is 19.2 Å². The van der Waals surface area contributed by atoms with Gasteiger partial charge in [0, 0.05) is 5.56 Å². The van der Waals surface area contributed by atoms with Crippen molar-refractivity contribution in [2.24, 2.45) is 0 Å². The molecule has 0 fully saturated rings. The number of methoxy groups -OCH3 is 1. The van der Waals surface area contributed by atoms with Crippen LogP contribution in [0.5, 0.6) is 5.75 Å². The first kappa shape index (κ1) is 19.0. The summed E-state index contributed by atoms with van der Waals surface area (Å²) in [5.41, 5.74) is 1.32. The lowest BCUT2D eigenvalue weighted by molar-refractivity contribution is -0.145. The van der Waals surface area contributed by atoms with Gasteiger partial charge < -0.3 is 9.47 Å². The molecule has 1 unspecified atom stereocenters. The van der Waals surface area contributed by atoms with E-state index in [4.69, 9.17) is 9.47 Å². The molecule has 0 aliphatic rings. The molecule has 1 N–H and O–H groups in total. The molecule has 0 aromatic heterocycles. The molecule has 6 nitrogen and oxygen atoms in total. The van der Waals surface area contributed by atoms with Crippen LogP contribution in [-0.2, 0) is 19.6 Å². The zero-order valence-electron chi connectivity index (χ0n) is 14.4. The van der Waals surface area contributed by atoms with E-state index >= 15 is 0 Å². The van der Waals surface area contributed by atoms with Gasteiger partial charge in [0.1, 0.15) is 11.8 Å². The van der Waals surface area contributed by atoms with Gasteiger partial charge in [-0.15, -0.1) is 0 Å². The number of carbonyl (C=O) groups is 1. The van der Waals surface area contributed by atoms with E-state index in [2.05, 4.69) is 4.72 Å². The molecule has 0 aliphatic carbocycles. The zero-order valence-corrected chi connectivity index (χ0v) is 15.2. The molecule has 0 radical (unpaired) electrons. The van der Waals surface area contributed by atoms with Gasteiger partial charge in [-0.1, -0.05) is 35.9 Å². The minimum absolute atomic E-state index is 0.0716. The molecule has 0 amide bonds. The largest absolute Gasteiger partial charge is 0.496 e. The molecule has 0 heterocycles. The molecular weight excluding hydrogens is 342 g/mol. The van der Waals surface area contributed by atoms with Crippen molar-refractivity contribution < 1.29 is 22.7 Å². The highest BCUT2D eigenvalue weighted by molar-refractivity contribution is 7.89. The average molecular weight is 363 g/mol. The van der Waals surface area contributed by atoms with Crippen LogP contribution in [0, 0.1) is 6.92 Å². The van der Waals surface area contributed by atoms with Crippen LogP contribution >= 0.6 is 0 Å². The number of nitrogens with one attached hydrogen (secondary N) is 1. The normalized spacial score (nSPS) is 12.4. The first-order chi connectivity index (χ1) is 11.9. The van der Waals surface area contributed by atoms with E-state index in [0.717, 1.165) is 5.56 Å². The fourth-order valence-electron chi connectivity index (χ4n) is 2.31. The lowest BCUT2D eigenvalue weighted by atomic mass is 10.1. The second-order valence-corrected chi connectivity index (χ2v) is 7.08. The fraction of sp³-hybridized carbons (Fsp3) is 0.278. The van der Waals surface area contributed by atoms with Crippen LogP contribution in [0.1, 0.15) is 24.1 Å². The molecule has 0 saturated heterocycles. The lowest BCUT2D eigenvalue weighted by Gasteiger charge is -2.20. The Bertz CT molecular complexity index is 831. The predicted octanol–water partition coefficient (Wildman–Crippen LogP) is 2.59. The molecule has 0 aliphatic heterocycles. The van der Waals surface area contributed by atoms with Crippen LogP contribution in [0.4, 0.5) is 0 Å². The van der Waals surface area contributed by atoms with Crippen LogP contribution < -0.4 is 9.46 Å². The first-order valence-corrected chi connectivity index (χ1v) is 9.26. The van der Waals surface area contributed by atoms with Gasteiger partial charge in [-0.25, -0.2) is 13.2 Å². The summed E-state index contributed by atoms with van der Waals surface area (Å²) in [5, 5.41) is 0. The second kappa shape index (κ2) is 8.13. The van der Waals surface area contributed by atoms with Crippen molar-refractivity contribution in [2.45, 2.75) is 24.8 Å². The topological polar surface area (TPSA) is 81.7 Å². The van der Waals surface area contributed by atoms with Gasteiger partial charge in [-0.2, -0.15) is 4.72 Å². The van der Waals surface area contributed by atoms with E-state index in [9.17, 15) is 13.2 Å². The predicted molar refractivity (Wildman–Crippen MR) is 93.9 cm³/mol.